The number of hydrogen-bond acceptors (Lipinski definition) is 4. The molecule has 0 spiro atoms. The Morgan fingerprint density at radius 2 is 2.07 bits per heavy atom. The number of nitro groups is 1. The van der Waals surface area contributed by atoms with Crippen molar-refractivity contribution in [2.45, 2.75) is 0 Å². The van der Waals surface area contributed by atoms with Crippen molar-refractivity contribution in [2.75, 3.05) is 0 Å². The van der Waals surface area contributed by atoms with E-state index in [1.807, 2.05) is 25.7 Å². The number of aliphatic imine (C=N–C) groups is 1. The lowest BCUT2D eigenvalue weighted by atomic mass is 10.3. The molecule has 0 amide bonds. The van der Waals surface area contributed by atoms with E-state index >= 15 is 0 Å². The molecule has 1 aliphatic carbocycles. The highest BCUT2D eigenvalue weighted by Gasteiger charge is 2.16. The summed E-state index contributed by atoms with van der Waals surface area (Å²) in [5.74, 6) is 0.0851. The lowest BCUT2D eigenvalue weighted by Crippen LogP contribution is -1.87. The molecule has 1 aliphatic rings. The molecule has 0 aromatic carbocycles. The first-order chi connectivity index (χ1) is 7.25. The van der Waals surface area contributed by atoms with Crippen LogP contribution in [0.15, 0.2) is 21.5 Å². The highest BCUT2D eigenvalue weighted by atomic mass is 16.6. The maximum atomic E-state index is 10.3. The lowest BCUT2D eigenvalue weighted by molar-refractivity contribution is -0.402. The van der Waals surface area contributed by atoms with Gasteiger partial charge in [-0.2, -0.15) is 0 Å². The third kappa shape index (κ3) is 2.43. The van der Waals surface area contributed by atoms with Crippen LogP contribution in [0.2, 0.25) is 0 Å². The van der Waals surface area contributed by atoms with E-state index in [2.05, 4.69) is 4.99 Å². The summed E-state index contributed by atoms with van der Waals surface area (Å²) in [5.41, 5.74) is 0. The van der Waals surface area contributed by atoms with E-state index in [9.17, 15) is 10.1 Å². The van der Waals surface area contributed by atoms with E-state index in [0.717, 1.165) is 6.04 Å². The smallest absolute Gasteiger partial charge is 0.400 e. The Hall–Kier alpha value is -1.65. The molecule has 5 nitrogen and oxygen atoms in total. The van der Waals surface area contributed by atoms with Crippen molar-refractivity contribution in [3.8, 4) is 0 Å². The van der Waals surface area contributed by atoms with E-state index in [0.29, 0.717) is 5.76 Å². The van der Waals surface area contributed by atoms with Gasteiger partial charge in [0.1, 0.15) is 4.92 Å². The van der Waals surface area contributed by atoms with Crippen LogP contribution in [0.4, 0.5) is 5.88 Å². The molecule has 75 valence electrons. The third-order valence-electron chi connectivity index (χ3n) is 1.78. The van der Waals surface area contributed by atoms with Gasteiger partial charge in [0.05, 0.1) is 18.3 Å². The van der Waals surface area contributed by atoms with Crippen molar-refractivity contribution in [1.29, 1.82) is 0 Å². The molecule has 0 N–H and O–H groups in total. The molecule has 5 heteroatoms. The molecule has 0 bridgehead atoms. The van der Waals surface area contributed by atoms with E-state index in [-0.39, 0.29) is 5.88 Å². The van der Waals surface area contributed by atoms with Gasteiger partial charge in [0, 0.05) is 0 Å². The van der Waals surface area contributed by atoms with Crippen LogP contribution >= 0.6 is 0 Å². The fourth-order valence-corrected chi connectivity index (χ4v) is 1.10. The Balaban J connectivity index is 2.00. The second-order valence-electron chi connectivity index (χ2n) is 2.83. The second kappa shape index (κ2) is 4.25. The van der Waals surface area contributed by atoms with Gasteiger partial charge in [-0.1, -0.05) is 0 Å². The Morgan fingerprint density at radius 3 is 2.67 bits per heavy atom. The van der Waals surface area contributed by atoms with Gasteiger partial charge >= 0.3 is 5.88 Å². The standard InChI is InChI=1S/C10H7N2O3/c13-12(14)10-6-5-9(15-10)7-11-8-3-1-2-4-8/h1-7H. The molecule has 1 heterocycles. The molecular weight excluding hydrogens is 196 g/mol. The summed E-state index contributed by atoms with van der Waals surface area (Å²) in [4.78, 5) is 13.8. The Kier molecular flexibility index (Phi) is 2.80. The topological polar surface area (TPSA) is 68.6 Å². The first kappa shape index (κ1) is 9.89. The SMILES string of the molecule is O=[N+]([O-])c1ccc(C=N[C]2[CH][CH][CH][CH]2)o1. The van der Waals surface area contributed by atoms with E-state index < -0.39 is 4.92 Å². The van der Waals surface area contributed by atoms with Crippen LogP contribution in [0.25, 0.3) is 0 Å². The van der Waals surface area contributed by atoms with Gasteiger partial charge in [0.15, 0.2) is 5.76 Å². The molecule has 0 aliphatic heterocycles. The zero-order valence-electron chi connectivity index (χ0n) is 7.66. The van der Waals surface area contributed by atoms with Crippen LogP contribution in [0, 0.1) is 41.8 Å². The molecular formula is C10H7N2O3. The Bertz CT molecular complexity index is 378. The fourth-order valence-electron chi connectivity index (χ4n) is 1.10. The minimum absolute atomic E-state index is 0.279. The summed E-state index contributed by atoms with van der Waals surface area (Å²) in [6.07, 6.45) is 8.82. The van der Waals surface area contributed by atoms with Gasteiger partial charge in [-0.25, -0.2) is 0 Å². The van der Waals surface area contributed by atoms with Gasteiger partial charge in [0.25, 0.3) is 0 Å². The number of furan rings is 1. The summed E-state index contributed by atoms with van der Waals surface area (Å²) in [6, 6.07) is 3.59. The molecule has 1 saturated carbocycles. The number of rotatable bonds is 3. The minimum atomic E-state index is -0.583. The Labute approximate surface area is 87.0 Å². The second-order valence-corrected chi connectivity index (χ2v) is 2.83. The van der Waals surface area contributed by atoms with Crippen molar-refractivity contribution >= 4 is 12.1 Å². The van der Waals surface area contributed by atoms with Crippen molar-refractivity contribution in [2.24, 2.45) is 4.99 Å². The van der Waals surface area contributed by atoms with Gasteiger partial charge < -0.3 is 4.42 Å². The average Bonchev–Trinajstić information content (AvgIpc) is 2.86. The molecule has 15 heavy (non-hydrogen) atoms. The van der Waals surface area contributed by atoms with Crippen LogP contribution in [0.3, 0.4) is 0 Å². The molecule has 2 rings (SSSR count). The van der Waals surface area contributed by atoms with Crippen LogP contribution in [-0.4, -0.2) is 11.1 Å². The van der Waals surface area contributed by atoms with Gasteiger partial charge in [-0.05, 0) is 31.7 Å². The minimum Gasteiger partial charge on any atom is -0.400 e. The van der Waals surface area contributed by atoms with Crippen LogP contribution < -0.4 is 0 Å². The fraction of sp³-hybridized carbons (Fsp3) is 0. The van der Waals surface area contributed by atoms with E-state index in [1.165, 1.54) is 18.3 Å². The summed E-state index contributed by atoms with van der Waals surface area (Å²) >= 11 is 0. The summed E-state index contributed by atoms with van der Waals surface area (Å²) in [6.45, 7) is 0. The average molecular weight is 203 g/mol. The molecule has 0 atom stereocenters. The number of hydrogen-bond donors (Lipinski definition) is 0. The van der Waals surface area contributed by atoms with Crippen molar-refractivity contribution in [3.05, 3.63) is 59.7 Å². The van der Waals surface area contributed by atoms with Crippen LogP contribution in [0.1, 0.15) is 5.76 Å². The molecule has 1 aromatic heterocycles. The van der Waals surface area contributed by atoms with Crippen molar-refractivity contribution in [1.82, 2.24) is 0 Å². The zero-order valence-corrected chi connectivity index (χ0v) is 7.66. The van der Waals surface area contributed by atoms with Crippen LogP contribution in [0.5, 0.6) is 0 Å². The molecule has 5 radical (unpaired) electrons. The molecule has 1 aromatic rings. The molecule has 0 saturated heterocycles. The zero-order chi connectivity index (χ0) is 10.7. The largest absolute Gasteiger partial charge is 0.433 e. The lowest BCUT2D eigenvalue weighted by Gasteiger charge is -1.95. The summed E-state index contributed by atoms with van der Waals surface area (Å²) in [7, 11) is 0. The van der Waals surface area contributed by atoms with Crippen molar-refractivity contribution < 1.29 is 9.34 Å². The van der Waals surface area contributed by atoms with Crippen LogP contribution in [-0.2, 0) is 0 Å². The van der Waals surface area contributed by atoms with E-state index in [4.69, 9.17) is 4.42 Å². The first-order valence-electron chi connectivity index (χ1n) is 4.26. The highest BCUT2D eigenvalue weighted by Crippen LogP contribution is 2.24. The van der Waals surface area contributed by atoms with Gasteiger partial charge in [-0.15, -0.1) is 0 Å². The Morgan fingerprint density at radius 1 is 1.33 bits per heavy atom. The molecule has 1 fully saturated rings. The van der Waals surface area contributed by atoms with Crippen molar-refractivity contribution in [3.63, 3.8) is 0 Å². The maximum absolute atomic E-state index is 10.3. The number of nitrogens with zero attached hydrogens (tertiary/aromatic N) is 2. The predicted molar refractivity (Wildman–Crippen MR) is 53.4 cm³/mol. The summed E-state index contributed by atoms with van der Waals surface area (Å²) in [5, 5.41) is 10.3. The molecule has 0 unspecified atom stereocenters. The third-order valence-corrected chi connectivity index (χ3v) is 1.78. The quantitative estimate of drug-likeness (QED) is 0.428. The highest BCUT2D eigenvalue weighted by molar-refractivity contribution is 5.77. The van der Waals surface area contributed by atoms with Gasteiger partial charge in [0.2, 0.25) is 0 Å². The first-order valence-corrected chi connectivity index (χ1v) is 4.26. The summed E-state index contributed by atoms with van der Waals surface area (Å²) < 4.78 is 4.89. The maximum Gasteiger partial charge on any atom is 0.433 e. The van der Waals surface area contributed by atoms with E-state index in [1.54, 1.807) is 0 Å². The normalized spacial score (nSPS) is 17.6. The van der Waals surface area contributed by atoms with Gasteiger partial charge in [-0.3, -0.25) is 15.1 Å². The monoisotopic (exact) mass is 203 g/mol. The predicted octanol–water partition coefficient (Wildman–Crippen LogP) is 1.97.